The van der Waals surface area contributed by atoms with Gasteiger partial charge in [-0.3, -0.25) is 4.57 Å². The van der Waals surface area contributed by atoms with Crippen LogP contribution in [0, 0.1) is 0 Å². The number of unbranched alkanes of at least 4 members (excludes halogenated alkanes) is 6. The number of nitrogens with zero attached hydrogens (tertiary/aromatic N) is 1. The van der Waals surface area contributed by atoms with Crippen molar-refractivity contribution in [3.63, 3.8) is 0 Å². The maximum Gasteiger partial charge on any atom is 0.343 e. The first-order chi connectivity index (χ1) is 31.1. The number of fused-ring (bicyclic) bond motifs is 2. The molecule has 0 amide bonds. The van der Waals surface area contributed by atoms with Crippen molar-refractivity contribution >= 4 is 45.4 Å². The Morgan fingerprint density at radius 1 is 0.531 bits per heavy atom. The van der Waals surface area contributed by atoms with E-state index in [1.165, 1.54) is 0 Å². The van der Waals surface area contributed by atoms with Crippen molar-refractivity contribution < 1.29 is 67.3 Å². The Morgan fingerprint density at radius 2 is 0.953 bits per heavy atom. The molecule has 1 aromatic heterocycles. The molecule has 64 heavy (non-hydrogen) atoms. The number of aromatic hydroxyl groups is 2. The van der Waals surface area contributed by atoms with Crippen molar-refractivity contribution in [3.8, 4) is 34.8 Å². The van der Waals surface area contributed by atoms with Crippen molar-refractivity contribution in [1.82, 2.24) is 4.57 Å². The molecule has 0 fully saturated rings. The smallest absolute Gasteiger partial charge is 0.343 e. The minimum atomic E-state index is -0.887. The second-order valence-electron chi connectivity index (χ2n) is 14.6. The summed E-state index contributed by atoms with van der Waals surface area (Å²) in [5.74, 6) is -3.84. The van der Waals surface area contributed by atoms with Crippen LogP contribution in [0.25, 0.3) is 21.5 Å². The van der Waals surface area contributed by atoms with Crippen LogP contribution in [0.2, 0.25) is 0 Å². The largest absolute Gasteiger partial charge is 0.494 e. The second kappa shape index (κ2) is 25.3. The number of hydrogen-bond donors (Lipinski definition) is 2. The fourth-order valence-electron chi connectivity index (χ4n) is 6.46. The maximum absolute atomic E-state index is 13.6. The lowest BCUT2D eigenvalue weighted by atomic mass is 10.1. The first-order valence-corrected chi connectivity index (χ1v) is 21.2. The number of aromatic nitrogens is 1. The number of rotatable bonds is 28. The predicted octanol–water partition coefficient (Wildman–Crippen LogP) is 8.99. The molecule has 0 unspecified atom stereocenters. The average molecular weight is 882 g/mol. The molecule has 5 rings (SSSR count). The molecule has 0 bridgehead atoms. The zero-order chi connectivity index (χ0) is 45.7. The molecule has 0 saturated heterocycles. The van der Waals surface area contributed by atoms with E-state index in [2.05, 4.69) is 13.2 Å². The zero-order valence-electron chi connectivity index (χ0n) is 36.1. The number of methoxy groups -OCH3 is 1. The molecule has 0 spiro atoms. The Labute approximate surface area is 371 Å². The summed E-state index contributed by atoms with van der Waals surface area (Å²) >= 11 is 0. The fourth-order valence-corrected chi connectivity index (χ4v) is 6.46. The van der Waals surface area contributed by atoms with Gasteiger partial charge in [0.1, 0.15) is 18.2 Å². The van der Waals surface area contributed by atoms with Crippen LogP contribution in [0.3, 0.4) is 0 Å². The van der Waals surface area contributed by atoms with Crippen LogP contribution in [0.15, 0.2) is 98.1 Å². The summed E-state index contributed by atoms with van der Waals surface area (Å²) in [6, 6.07) is 20.7. The number of ether oxygens (including phenoxy) is 8. The normalized spacial score (nSPS) is 11.0. The quantitative estimate of drug-likeness (QED) is 0.0275. The summed E-state index contributed by atoms with van der Waals surface area (Å²) < 4.78 is 44.7. The molecule has 0 saturated carbocycles. The molecule has 1 heterocycles. The van der Waals surface area contributed by atoms with E-state index in [1.807, 2.05) is 12.1 Å². The first kappa shape index (κ1) is 48.2. The summed E-state index contributed by atoms with van der Waals surface area (Å²) in [5, 5.41) is 25.5. The van der Waals surface area contributed by atoms with Gasteiger partial charge in [0.2, 0.25) is 23.3 Å². The van der Waals surface area contributed by atoms with Crippen LogP contribution in [-0.4, -0.2) is 85.4 Å². The molecule has 0 aliphatic heterocycles. The highest BCUT2D eigenvalue weighted by molar-refractivity contribution is 5.99. The monoisotopic (exact) mass is 881 g/mol. The zero-order valence-corrected chi connectivity index (χ0v) is 36.1. The molecule has 0 aliphatic carbocycles. The summed E-state index contributed by atoms with van der Waals surface area (Å²) in [4.78, 5) is 49.5. The minimum Gasteiger partial charge on any atom is -0.494 e. The number of carbonyl (C=O) groups is 4. The Morgan fingerprint density at radius 3 is 1.39 bits per heavy atom. The predicted molar refractivity (Wildman–Crippen MR) is 238 cm³/mol. The van der Waals surface area contributed by atoms with E-state index in [0.717, 1.165) is 78.9 Å². The van der Waals surface area contributed by atoms with Crippen LogP contribution in [-0.2, 0) is 35.3 Å². The van der Waals surface area contributed by atoms with Gasteiger partial charge in [-0.05, 0) is 128 Å². The molecule has 0 radical (unpaired) electrons. The van der Waals surface area contributed by atoms with Crippen molar-refractivity contribution in [2.45, 2.75) is 64.5 Å². The van der Waals surface area contributed by atoms with E-state index >= 15 is 0 Å². The third-order valence-electron chi connectivity index (χ3n) is 9.90. The lowest BCUT2D eigenvalue weighted by Crippen LogP contribution is -2.12. The van der Waals surface area contributed by atoms with E-state index in [-0.39, 0.29) is 24.5 Å². The molecule has 2 N–H and O–H groups in total. The number of benzene rings is 4. The Hall–Kier alpha value is -6.84. The highest BCUT2D eigenvalue weighted by atomic mass is 16.6. The molecule has 0 aliphatic rings. The Kier molecular flexibility index (Phi) is 19.1. The SMILES string of the molecule is C=CC(=O)OCCCCCCOc1ccc2cc(C(=O)Oc3c(OC(=O)c4ccc5cc(OCCCCCCOC(=O)C=C)ccc5c4)c(O)n(COCCCOC)c3O)ccc2c1. The summed E-state index contributed by atoms with van der Waals surface area (Å²) in [7, 11) is 1.55. The highest BCUT2D eigenvalue weighted by Gasteiger charge is 2.30. The van der Waals surface area contributed by atoms with Crippen LogP contribution in [0.5, 0.6) is 34.8 Å². The third kappa shape index (κ3) is 14.4. The summed E-state index contributed by atoms with van der Waals surface area (Å²) in [5.41, 5.74) is 0.252. The fraction of sp³-hybridized carbons (Fsp3) is 0.347. The molecule has 15 nitrogen and oxygen atoms in total. The number of carbonyl (C=O) groups excluding carboxylic acids is 4. The molecule has 4 aromatic carbocycles. The van der Waals surface area contributed by atoms with E-state index in [4.69, 9.17) is 37.9 Å². The van der Waals surface area contributed by atoms with Crippen molar-refractivity contribution in [2.24, 2.45) is 0 Å². The van der Waals surface area contributed by atoms with Gasteiger partial charge < -0.3 is 48.1 Å². The van der Waals surface area contributed by atoms with Crippen molar-refractivity contribution in [3.05, 3.63) is 109 Å². The van der Waals surface area contributed by atoms with E-state index < -0.39 is 47.1 Å². The lowest BCUT2D eigenvalue weighted by Gasteiger charge is -2.10. The van der Waals surface area contributed by atoms with Crippen molar-refractivity contribution in [1.29, 1.82) is 0 Å². The lowest BCUT2D eigenvalue weighted by molar-refractivity contribution is -0.138. The van der Waals surface area contributed by atoms with Crippen LogP contribution in [0.4, 0.5) is 0 Å². The van der Waals surface area contributed by atoms with Gasteiger partial charge in [0.05, 0.1) is 44.2 Å². The molecular formula is C49H55NO14. The highest BCUT2D eigenvalue weighted by Crippen LogP contribution is 2.48. The Balaban J connectivity index is 1.22. The molecule has 340 valence electrons. The van der Waals surface area contributed by atoms with Gasteiger partial charge in [0.25, 0.3) is 0 Å². The average Bonchev–Trinajstić information content (AvgIpc) is 3.52. The standard InChI is InChI=1S/C49H55NO14/c1-4-42(51)61-27-12-8-6-10-25-59-40-21-19-34-29-38(17-15-36(34)31-40)48(55)63-44-45(47(54)50(46(44)53)33-58-24-14-23-57-3)64-49(56)39-18-16-37-32-41(22-20-35(37)30-39)60-26-11-7-9-13-28-62-43(52)5-2/h4-5,15-22,29-32,53-54H,1-2,6-14,23-28,33H2,3H3. The maximum atomic E-state index is 13.6. The van der Waals surface area contributed by atoms with Gasteiger partial charge in [-0.25, -0.2) is 19.2 Å². The van der Waals surface area contributed by atoms with Crippen LogP contribution < -0.4 is 18.9 Å². The number of hydrogen-bond acceptors (Lipinski definition) is 14. The van der Waals surface area contributed by atoms with Gasteiger partial charge >= 0.3 is 23.9 Å². The van der Waals surface area contributed by atoms with Crippen molar-refractivity contribution in [2.75, 3.05) is 46.8 Å². The molecule has 15 heteroatoms. The van der Waals surface area contributed by atoms with Gasteiger partial charge in [0.15, 0.2) is 0 Å². The van der Waals surface area contributed by atoms with Gasteiger partial charge in [0, 0.05) is 25.9 Å². The van der Waals surface area contributed by atoms with E-state index in [9.17, 15) is 29.4 Å². The third-order valence-corrected chi connectivity index (χ3v) is 9.90. The second-order valence-corrected chi connectivity index (χ2v) is 14.6. The van der Waals surface area contributed by atoms with Crippen LogP contribution >= 0.6 is 0 Å². The topological polar surface area (TPSA) is 188 Å². The van der Waals surface area contributed by atoms with E-state index in [1.54, 1.807) is 67.8 Å². The molecule has 5 aromatic rings. The minimum absolute atomic E-state index is 0.126. The summed E-state index contributed by atoms with van der Waals surface area (Å²) in [6.07, 6.45) is 9.60. The first-order valence-electron chi connectivity index (χ1n) is 21.2. The van der Waals surface area contributed by atoms with E-state index in [0.29, 0.717) is 61.7 Å². The van der Waals surface area contributed by atoms with Gasteiger partial charge in [-0.2, -0.15) is 0 Å². The molecular weight excluding hydrogens is 827 g/mol. The Bertz CT molecular complexity index is 2230. The van der Waals surface area contributed by atoms with Gasteiger partial charge in [-0.1, -0.05) is 37.4 Å². The van der Waals surface area contributed by atoms with Gasteiger partial charge in [-0.15, -0.1) is 0 Å². The summed E-state index contributed by atoms with van der Waals surface area (Å²) in [6.45, 7) is 8.77. The van der Waals surface area contributed by atoms with Crippen LogP contribution in [0.1, 0.15) is 78.5 Å². The number of esters is 4. The molecule has 0 atom stereocenters.